The van der Waals surface area contributed by atoms with E-state index in [1.165, 1.54) is 16.3 Å². The van der Waals surface area contributed by atoms with E-state index in [1.54, 1.807) is 0 Å². The quantitative estimate of drug-likeness (QED) is 0.432. The van der Waals surface area contributed by atoms with Crippen molar-refractivity contribution < 1.29 is 0 Å². The van der Waals surface area contributed by atoms with Gasteiger partial charge in [-0.2, -0.15) is 0 Å². The minimum Gasteiger partial charge on any atom is -0.232 e. The highest BCUT2D eigenvalue weighted by Crippen LogP contribution is 2.32. The minimum absolute atomic E-state index is 0.289. The van der Waals surface area contributed by atoms with Gasteiger partial charge in [0.15, 0.2) is 0 Å². The van der Waals surface area contributed by atoms with Crippen LogP contribution in [0.4, 0.5) is 0 Å². The maximum Gasteiger partial charge on any atom is 0.132 e. The van der Waals surface area contributed by atoms with Crippen molar-refractivity contribution in [2.24, 2.45) is 0 Å². The third-order valence-corrected chi connectivity index (χ3v) is 4.42. The highest BCUT2D eigenvalue weighted by atomic mass is 14.9. The molecule has 2 nitrogen and oxygen atoms in total. The summed E-state index contributed by atoms with van der Waals surface area (Å²) in [6.07, 6.45) is 0. The molecule has 0 aliphatic carbocycles. The first-order valence-electron chi connectivity index (χ1n) is 8.40. The van der Waals surface area contributed by atoms with Crippen LogP contribution in [-0.2, 0) is 0 Å². The second kappa shape index (κ2) is 5.72. The molecule has 3 aromatic carbocycles. The lowest BCUT2D eigenvalue weighted by Crippen LogP contribution is -2.01. The lowest BCUT2D eigenvalue weighted by molar-refractivity contribution is 0.785. The summed E-state index contributed by atoms with van der Waals surface area (Å²) in [7, 11) is 0. The summed E-state index contributed by atoms with van der Waals surface area (Å²) in [5.41, 5.74) is 4.46. The number of fused-ring (bicyclic) bond motifs is 3. The van der Waals surface area contributed by atoms with E-state index in [9.17, 15) is 0 Å². The van der Waals surface area contributed by atoms with Crippen molar-refractivity contribution in [2.75, 3.05) is 0 Å². The molecule has 4 aromatic rings. The number of rotatable bonds is 2. The van der Waals surface area contributed by atoms with Gasteiger partial charge in [-0.25, -0.2) is 9.97 Å². The van der Waals surface area contributed by atoms with Crippen molar-refractivity contribution in [3.05, 3.63) is 72.1 Å². The molecule has 0 N–H and O–H groups in total. The van der Waals surface area contributed by atoms with E-state index in [0.717, 1.165) is 28.0 Å². The van der Waals surface area contributed by atoms with Crippen molar-refractivity contribution in [2.45, 2.75) is 26.7 Å². The van der Waals surface area contributed by atoms with E-state index >= 15 is 0 Å². The Kier molecular flexibility index (Phi) is 3.53. The fourth-order valence-corrected chi connectivity index (χ4v) is 3.12. The first-order valence-corrected chi connectivity index (χ1v) is 8.40. The fraction of sp³-hybridized carbons (Fsp3) is 0.182. The molecule has 0 fully saturated rings. The molecule has 0 saturated carbocycles. The summed E-state index contributed by atoms with van der Waals surface area (Å²) in [6.45, 7) is 6.42. The van der Waals surface area contributed by atoms with Crippen LogP contribution < -0.4 is 0 Å². The zero-order valence-electron chi connectivity index (χ0n) is 14.2. The van der Waals surface area contributed by atoms with Gasteiger partial charge in [0.25, 0.3) is 0 Å². The number of hydrogen-bond donors (Lipinski definition) is 0. The zero-order chi connectivity index (χ0) is 16.7. The van der Waals surface area contributed by atoms with E-state index in [-0.39, 0.29) is 5.92 Å². The number of aryl methyl sites for hydroxylation is 1. The van der Waals surface area contributed by atoms with Crippen LogP contribution in [0.2, 0.25) is 0 Å². The Bertz CT molecular complexity index is 1030. The van der Waals surface area contributed by atoms with Gasteiger partial charge in [-0.3, -0.25) is 0 Å². The van der Waals surface area contributed by atoms with Crippen LogP contribution in [0.25, 0.3) is 32.9 Å². The topological polar surface area (TPSA) is 25.8 Å². The lowest BCUT2D eigenvalue weighted by Gasteiger charge is -2.13. The van der Waals surface area contributed by atoms with E-state index in [1.807, 2.05) is 6.07 Å². The molecule has 0 amide bonds. The Hall–Kier alpha value is -2.74. The normalized spacial score (nSPS) is 11.5. The largest absolute Gasteiger partial charge is 0.232 e. The van der Waals surface area contributed by atoms with Crippen molar-refractivity contribution in [3.63, 3.8) is 0 Å². The van der Waals surface area contributed by atoms with Gasteiger partial charge in [0.1, 0.15) is 5.82 Å². The molecule has 4 rings (SSSR count). The van der Waals surface area contributed by atoms with Crippen molar-refractivity contribution in [3.8, 4) is 11.3 Å². The van der Waals surface area contributed by atoms with Gasteiger partial charge in [-0.05, 0) is 24.4 Å². The van der Waals surface area contributed by atoms with Crippen molar-refractivity contribution >= 4 is 21.7 Å². The molecule has 1 heterocycles. The van der Waals surface area contributed by atoms with Crippen LogP contribution in [0.3, 0.4) is 0 Å². The first kappa shape index (κ1) is 14.8. The predicted octanol–water partition coefficient (Wildman–Crippen LogP) is 5.88. The molecule has 0 bridgehead atoms. The van der Waals surface area contributed by atoms with Gasteiger partial charge in [0, 0.05) is 22.3 Å². The minimum atomic E-state index is 0.289. The Morgan fingerprint density at radius 2 is 1.54 bits per heavy atom. The second-order valence-corrected chi connectivity index (χ2v) is 6.64. The highest BCUT2D eigenvalue weighted by Gasteiger charge is 2.14. The van der Waals surface area contributed by atoms with Crippen LogP contribution in [-0.4, -0.2) is 9.97 Å². The second-order valence-electron chi connectivity index (χ2n) is 6.64. The molecular weight excluding hydrogens is 292 g/mol. The van der Waals surface area contributed by atoms with Gasteiger partial charge in [0.05, 0.1) is 11.2 Å². The van der Waals surface area contributed by atoms with Crippen molar-refractivity contribution in [1.29, 1.82) is 0 Å². The highest BCUT2D eigenvalue weighted by molar-refractivity contribution is 6.09. The van der Waals surface area contributed by atoms with Gasteiger partial charge < -0.3 is 0 Å². The third-order valence-electron chi connectivity index (χ3n) is 4.42. The van der Waals surface area contributed by atoms with Gasteiger partial charge >= 0.3 is 0 Å². The SMILES string of the molecule is Cc1ccc2ccc3c(-c4ccccc4)nc(C(C)C)nc3c2c1. The fourth-order valence-electron chi connectivity index (χ4n) is 3.12. The number of nitrogens with zero attached hydrogens (tertiary/aromatic N) is 2. The van der Waals surface area contributed by atoms with E-state index in [4.69, 9.17) is 9.97 Å². The Morgan fingerprint density at radius 3 is 2.29 bits per heavy atom. The molecule has 1 aromatic heterocycles. The zero-order valence-corrected chi connectivity index (χ0v) is 14.2. The molecule has 0 aliphatic rings. The van der Waals surface area contributed by atoms with Crippen LogP contribution in [0.1, 0.15) is 31.2 Å². The summed E-state index contributed by atoms with van der Waals surface area (Å²) in [5, 5.41) is 3.54. The Morgan fingerprint density at radius 1 is 0.792 bits per heavy atom. The molecule has 0 spiro atoms. The maximum absolute atomic E-state index is 4.92. The van der Waals surface area contributed by atoms with E-state index in [2.05, 4.69) is 75.4 Å². The summed E-state index contributed by atoms with van der Waals surface area (Å²) in [5.74, 6) is 1.19. The number of aromatic nitrogens is 2. The molecule has 24 heavy (non-hydrogen) atoms. The standard InChI is InChI=1S/C22H20N2/c1-14(2)22-23-20(17-7-5-4-6-8-17)18-12-11-16-10-9-15(3)13-19(16)21(18)24-22/h4-14H,1-3H3. The molecule has 0 atom stereocenters. The molecule has 118 valence electrons. The van der Waals surface area contributed by atoms with Gasteiger partial charge in [0.2, 0.25) is 0 Å². The third kappa shape index (κ3) is 2.44. The van der Waals surface area contributed by atoms with Gasteiger partial charge in [-0.1, -0.05) is 67.9 Å². The Labute approximate surface area is 142 Å². The van der Waals surface area contributed by atoms with Gasteiger partial charge in [-0.15, -0.1) is 0 Å². The summed E-state index contributed by atoms with van der Waals surface area (Å²) in [4.78, 5) is 9.81. The molecule has 2 heteroatoms. The molecule has 0 aliphatic heterocycles. The van der Waals surface area contributed by atoms with Crippen LogP contribution >= 0.6 is 0 Å². The monoisotopic (exact) mass is 312 g/mol. The first-order chi connectivity index (χ1) is 11.6. The Balaban J connectivity index is 2.15. The summed E-state index contributed by atoms with van der Waals surface area (Å²) >= 11 is 0. The number of hydrogen-bond acceptors (Lipinski definition) is 2. The average Bonchev–Trinajstić information content (AvgIpc) is 2.61. The van der Waals surface area contributed by atoms with E-state index in [0.29, 0.717) is 0 Å². The average molecular weight is 312 g/mol. The van der Waals surface area contributed by atoms with Crippen LogP contribution in [0.5, 0.6) is 0 Å². The maximum atomic E-state index is 4.92. The molecular formula is C22H20N2. The summed E-state index contributed by atoms with van der Waals surface area (Å²) < 4.78 is 0. The van der Waals surface area contributed by atoms with Crippen molar-refractivity contribution in [1.82, 2.24) is 9.97 Å². The van der Waals surface area contributed by atoms with Crippen LogP contribution in [0.15, 0.2) is 60.7 Å². The lowest BCUT2D eigenvalue weighted by atomic mass is 10.00. The smallest absolute Gasteiger partial charge is 0.132 e. The number of benzene rings is 3. The molecule has 0 saturated heterocycles. The molecule has 0 unspecified atom stereocenters. The van der Waals surface area contributed by atoms with E-state index < -0.39 is 0 Å². The molecule has 0 radical (unpaired) electrons. The van der Waals surface area contributed by atoms with Crippen LogP contribution in [0, 0.1) is 6.92 Å². The summed E-state index contributed by atoms with van der Waals surface area (Å²) in [6, 6.07) is 21.3. The predicted molar refractivity (Wildman–Crippen MR) is 101 cm³/mol.